The number of benzene rings is 1. The van der Waals surface area contributed by atoms with Gasteiger partial charge in [0.25, 0.3) is 5.91 Å². The molecule has 3 heterocycles. The Balaban J connectivity index is 1.57. The van der Waals surface area contributed by atoms with Gasteiger partial charge in [-0.25, -0.2) is 15.0 Å². The van der Waals surface area contributed by atoms with E-state index in [1.807, 2.05) is 6.92 Å². The predicted molar refractivity (Wildman–Crippen MR) is 125 cm³/mol. The minimum atomic E-state index is -2.14. The van der Waals surface area contributed by atoms with Gasteiger partial charge in [-0.1, -0.05) is 24.0 Å². The van der Waals surface area contributed by atoms with Crippen molar-refractivity contribution in [3.05, 3.63) is 65.0 Å². The monoisotopic (exact) mass is 430 g/mol. The zero-order valence-electron chi connectivity index (χ0n) is 20.7. The number of hydrogen-bond donors (Lipinski definition) is 2. The highest BCUT2D eigenvalue weighted by molar-refractivity contribution is 5.94. The second-order valence-corrected chi connectivity index (χ2v) is 7.47. The number of nitrogens with two attached hydrogens (primary N) is 2. The van der Waals surface area contributed by atoms with Crippen molar-refractivity contribution in [1.29, 1.82) is 0 Å². The first-order valence-electron chi connectivity index (χ1n) is 11.6. The number of rotatable bonds is 2. The summed E-state index contributed by atoms with van der Waals surface area (Å²) in [6, 6.07) is 10.5. The number of likely N-dealkylation sites (N-methyl/N-ethyl adjacent to an activating group) is 1. The average Bonchev–Trinajstić information content (AvgIpc) is 2.83. The molecule has 4 rings (SSSR count). The van der Waals surface area contributed by atoms with Gasteiger partial charge in [0.1, 0.15) is 5.82 Å². The molecule has 1 fully saturated rings. The maximum atomic E-state index is 12.9. The van der Waals surface area contributed by atoms with Crippen LogP contribution in [0.5, 0.6) is 0 Å². The average molecular weight is 431 g/mol. The molecular formula is C24H25N7O. The van der Waals surface area contributed by atoms with E-state index in [9.17, 15) is 4.79 Å². The minimum Gasteiger partial charge on any atom is -0.384 e. The fourth-order valence-corrected chi connectivity index (χ4v) is 3.43. The molecule has 1 aromatic carbocycles. The van der Waals surface area contributed by atoms with Gasteiger partial charge in [0, 0.05) is 53.2 Å². The molecule has 0 unspecified atom stereocenters. The van der Waals surface area contributed by atoms with E-state index in [1.54, 1.807) is 47.5 Å². The lowest BCUT2D eigenvalue weighted by atomic mass is 10.0. The Bertz CT molecular complexity index is 1290. The Morgan fingerprint density at radius 1 is 1.03 bits per heavy atom. The van der Waals surface area contributed by atoms with Crippen molar-refractivity contribution < 1.29 is 8.91 Å². The summed E-state index contributed by atoms with van der Waals surface area (Å²) in [5, 5.41) is 0. The van der Waals surface area contributed by atoms with Crippen molar-refractivity contribution in [3.63, 3.8) is 0 Å². The van der Waals surface area contributed by atoms with Crippen molar-refractivity contribution in [3.8, 4) is 23.1 Å². The Hall–Kier alpha value is -3.96. The summed E-state index contributed by atoms with van der Waals surface area (Å²) in [5.74, 6) is 6.56. The zero-order chi connectivity index (χ0) is 25.2. The van der Waals surface area contributed by atoms with Crippen LogP contribution in [0.2, 0.25) is 0 Å². The first-order valence-corrected chi connectivity index (χ1v) is 10.1. The fourth-order valence-electron chi connectivity index (χ4n) is 3.43. The molecule has 4 N–H and O–H groups in total. The third kappa shape index (κ3) is 4.68. The summed E-state index contributed by atoms with van der Waals surface area (Å²) in [7, 11) is 0. The molecule has 0 saturated carbocycles. The summed E-state index contributed by atoms with van der Waals surface area (Å²) < 4.78 is 22.6. The Morgan fingerprint density at radius 3 is 2.44 bits per heavy atom. The maximum Gasteiger partial charge on any atom is 0.253 e. The van der Waals surface area contributed by atoms with Crippen LogP contribution in [0.4, 0.5) is 11.8 Å². The highest BCUT2D eigenvalue weighted by Gasteiger charge is 2.20. The summed E-state index contributed by atoms with van der Waals surface area (Å²) >= 11 is 0. The molecule has 1 aliphatic rings. The van der Waals surface area contributed by atoms with Crippen LogP contribution in [0.15, 0.2) is 42.6 Å². The number of carbonyl (C=O) groups is 1. The fraction of sp³-hybridized carbons (Fsp3) is 0.250. The lowest BCUT2D eigenvalue weighted by molar-refractivity contribution is 0.0664. The number of carbonyl (C=O) groups excluding carboxylic acids is 1. The maximum absolute atomic E-state index is 12.9. The number of piperazine rings is 1. The number of nitrogen functional groups attached to an aromatic ring is 2. The van der Waals surface area contributed by atoms with Gasteiger partial charge >= 0.3 is 0 Å². The van der Waals surface area contributed by atoms with E-state index in [0.717, 1.165) is 5.56 Å². The molecule has 162 valence electrons. The number of pyridine rings is 1. The van der Waals surface area contributed by atoms with Gasteiger partial charge in [-0.15, -0.1) is 0 Å². The molecule has 2 aromatic heterocycles. The van der Waals surface area contributed by atoms with Crippen LogP contribution in [0.3, 0.4) is 0 Å². The van der Waals surface area contributed by atoms with Crippen LogP contribution >= 0.6 is 0 Å². The van der Waals surface area contributed by atoms with E-state index >= 15 is 0 Å². The number of aromatic nitrogens is 3. The van der Waals surface area contributed by atoms with Crippen molar-refractivity contribution in [2.24, 2.45) is 0 Å². The molecule has 0 bridgehead atoms. The van der Waals surface area contributed by atoms with Crippen molar-refractivity contribution in [1.82, 2.24) is 24.8 Å². The third-order valence-electron chi connectivity index (χ3n) is 5.20. The van der Waals surface area contributed by atoms with E-state index in [-0.39, 0.29) is 11.9 Å². The predicted octanol–water partition coefficient (Wildman–Crippen LogP) is 1.80. The van der Waals surface area contributed by atoms with Gasteiger partial charge in [0.2, 0.25) is 5.95 Å². The molecule has 0 spiro atoms. The van der Waals surface area contributed by atoms with E-state index < -0.39 is 6.98 Å². The summed E-state index contributed by atoms with van der Waals surface area (Å²) in [4.78, 5) is 28.7. The second kappa shape index (κ2) is 9.04. The smallest absolute Gasteiger partial charge is 0.253 e. The molecule has 32 heavy (non-hydrogen) atoms. The van der Waals surface area contributed by atoms with Gasteiger partial charge < -0.3 is 21.3 Å². The molecule has 8 heteroatoms. The first-order chi connectivity index (χ1) is 16.6. The standard InChI is InChI=1S/C24H25N7O/c1-16-20(9-3-17-4-10-21(25)27-15-17)22(29-24(26)28-16)18-5-7-19(8-6-18)23(32)31-13-11-30(2)12-14-31/h4-8,10,15H,11-14H2,1-2H3,(H2,25,27)(H2,26,28,29)/i2D3. The van der Waals surface area contributed by atoms with Crippen LogP contribution in [-0.4, -0.2) is 63.8 Å². The normalized spacial score (nSPS) is 15.8. The van der Waals surface area contributed by atoms with Crippen LogP contribution in [-0.2, 0) is 0 Å². The van der Waals surface area contributed by atoms with Gasteiger partial charge in [-0.05, 0) is 38.2 Å². The minimum absolute atomic E-state index is 0.129. The molecule has 0 atom stereocenters. The summed E-state index contributed by atoms with van der Waals surface area (Å²) in [5.41, 5.74) is 15.3. The molecule has 1 saturated heterocycles. The van der Waals surface area contributed by atoms with E-state index in [0.29, 0.717) is 60.1 Å². The molecular weight excluding hydrogens is 402 g/mol. The largest absolute Gasteiger partial charge is 0.384 e. The first kappa shape index (κ1) is 17.7. The van der Waals surface area contributed by atoms with Gasteiger partial charge in [0.05, 0.1) is 17.0 Å². The van der Waals surface area contributed by atoms with Crippen LogP contribution in [0.25, 0.3) is 11.3 Å². The lowest BCUT2D eigenvalue weighted by Gasteiger charge is -2.32. The van der Waals surface area contributed by atoms with Gasteiger partial charge in [0.15, 0.2) is 0 Å². The number of amides is 1. The van der Waals surface area contributed by atoms with E-state index in [2.05, 4.69) is 26.8 Å². The van der Waals surface area contributed by atoms with E-state index in [1.165, 1.54) is 4.90 Å². The summed E-state index contributed by atoms with van der Waals surface area (Å²) in [6.07, 6.45) is 1.59. The summed E-state index contributed by atoms with van der Waals surface area (Å²) in [6.45, 7) is 1.01. The number of aryl methyl sites for hydroxylation is 1. The van der Waals surface area contributed by atoms with Crippen molar-refractivity contribution in [2.75, 3.05) is 44.6 Å². The molecule has 0 radical (unpaired) electrons. The van der Waals surface area contributed by atoms with Crippen molar-refractivity contribution >= 4 is 17.7 Å². The molecule has 1 aliphatic heterocycles. The Kier molecular flexibility index (Phi) is 5.00. The van der Waals surface area contributed by atoms with Gasteiger partial charge in [-0.3, -0.25) is 4.79 Å². The highest BCUT2D eigenvalue weighted by Crippen LogP contribution is 2.25. The number of anilines is 2. The SMILES string of the molecule is [2H]C([2H])([2H])N1CCN(C(=O)c2ccc(-c3nc(N)nc(C)c3C#Cc3ccc(N)nc3)cc2)CC1. The molecule has 0 aliphatic carbocycles. The van der Waals surface area contributed by atoms with E-state index in [4.69, 9.17) is 15.6 Å². The second-order valence-electron chi connectivity index (χ2n) is 7.47. The Labute approximate surface area is 191 Å². The molecule has 1 amide bonds. The van der Waals surface area contributed by atoms with Crippen LogP contribution in [0, 0.1) is 18.8 Å². The molecule has 8 nitrogen and oxygen atoms in total. The zero-order valence-corrected chi connectivity index (χ0v) is 17.7. The Morgan fingerprint density at radius 2 is 1.78 bits per heavy atom. The number of nitrogens with zero attached hydrogens (tertiary/aromatic N) is 5. The molecule has 3 aromatic rings. The topological polar surface area (TPSA) is 114 Å². The van der Waals surface area contributed by atoms with Gasteiger partial charge in [-0.2, -0.15) is 0 Å². The van der Waals surface area contributed by atoms with Crippen LogP contribution in [0.1, 0.15) is 31.3 Å². The van der Waals surface area contributed by atoms with Crippen molar-refractivity contribution in [2.45, 2.75) is 6.92 Å². The quantitative estimate of drug-likeness (QED) is 0.596. The highest BCUT2D eigenvalue weighted by atomic mass is 16.2. The lowest BCUT2D eigenvalue weighted by Crippen LogP contribution is -2.47. The number of hydrogen-bond acceptors (Lipinski definition) is 7. The third-order valence-corrected chi connectivity index (χ3v) is 5.20. The van der Waals surface area contributed by atoms with Crippen LogP contribution < -0.4 is 11.5 Å².